The molecule has 0 radical (unpaired) electrons. The second kappa shape index (κ2) is 4.22. The number of nitrogen functional groups attached to an aromatic ring is 1. The highest BCUT2D eigenvalue weighted by Crippen LogP contribution is 2.52. The summed E-state index contributed by atoms with van der Waals surface area (Å²) in [5.41, 5.74) is 9.12. The van der Waals surface area contributed by atoms with Crippen molar-refractivity contribution >= 4 is 17.1 Å². The Hall–Kier alpha value is -1.56. The van der Waals surface area contributed by atoms with E-state index in [9.17, 15) is 0 Å². The number of hydrogen-bond acceptors (Lipinski definition) is 4. The van der Waals surface area contributed by atoms with Crippen LogP contribution in [-0.4, -0.2) is 32.5 Å². The molecule has 0 aliphatic heterocycles. The fraction of sp³-hybridized carbons (Fsp3) is 0.714. The zero-order valence-corrected chi connectivity index (χ0v) is 12.8. The summed E-state index contributed by atoms with van der Waals surface area (Å²) >= 11 is 0. The average molecular weight is 277 g/mol. The van der Waals surface area contributed by atoms with Gasteiger partial charge in [-0.2, -0.15) is 5.10 Å². The third-order valence-corrected chi connectivity index (χ3v) is 4.79. The minimum absolute atomic E-state index is 0.0489. The van der Waals surface area contributed by atoms with Gasteiger partial charge in [0.1, 0.15) is 5.52 Å². The largest absolute Gasteiger partial charge is 0.381 e. The van der Waals surface area contributed by atoms with Gasteiger partial charge in [-0.3, -0.25) is 4.57 Å². The van der Waals surface area contributed by atoms with Crippen LogP contribution in [0.2, 0.25) is 0 Å². The number of nitrogens with two attached hydrogens (primary N) is 1. The van der Waals surface area contributed by atoms with Gasteiger partial charge in [-0.1, -0.05) is 13.8 Å². The molecule has 2 unspecified atom stereocenters. The van der Waals surface area contributed by atoms with Gasteiger partial charge in [-0.15, -0.1) is 0 Å². The standard InChI is InChI=1S/C14H23N5O/c1-6-18-12-11(8(2)17-18)16-13(15)19(12)9-7-10(20-5)14(9,3)4/h9-10H,6-7H2,1-5H3,(H2,15,16). The van der Waals surface area contributed by atoms with Gasteiger partial charge in [0.2, 0.25) is 5.95 Å². The summed E-state index contributed by atoms with van der Waals surface area (Å²) in [5, 5.41) is 4.54. The fourth-order valence-corrected chi connectivity index (χ4v) is 3.44. The highest BCUT2D eigenvalue weighted by atomic mass is 16.5. The molecular weight excluding hydrogens is 254 g/mol. The Morgan fingerprint density at radius 2 is 2.15 bits per heavy atom. The Morgan fingerprint density at radius 3 is 2.70 bits per heavy atom. The van der Waals surface area contributed by atoms with Crippen molar-refractivity contribution in [3.63, 3.8) is 0 Å². The van der Waals surface area contributed by atoms with Crippen molar-refractivity contribution in [2.75, 3.05) is 12.8 Å². The van der Waals surface area contributed by atoms with Gasteiger partial charge >= 0.3 is 0 Å². The second-order valence-corrected chi connectivity index (χ2v) is 6.21. The number of aromatic nitrogens is 4. The van der Waals surface area contributed by atoms with E-state index >= 15 is 0 Å². The van der Waals surface area contributed by atoms with Crippen LogP contribution in [-0.2, 0) is 11.3 Å². The predicted molar refractivity (Wildman–Crippen MR) is 78.6 cm³/mol. The first-order chi connectivity index (χ1) is 9.41. The van der Waals surface area contributed by atoms with E-state index in [0.29, 0.717) is 12.0 Å². The minimum Gasteiger partial charge on any atom is -0.381 e. The van der Waals surface area contributed by atoms with Gasteiger partial charge in [0.05, 0.1) is 11.8 Å². The highest BCUT2D eigenvalue weighted by molar-refractivity contribution is 5.78. The van der Waals surface area contributed by atoms with Crippen LogP contribution in [0.15, 0.2) is 0 Å². The van der Waals surface area contributed by atoms with Gasteiger partial charge in [0, 0.05) is 25.1 Å². The number of ether oxygens (including phenoxy) is 1. The molecule has 6 nitrogen and oxygen atoms in total. The normalized spacial score (nSPS) is 25.1. The smallest absolute Gasteiger partial charge is 0.202 e. The number of anilines is 1. The minimum atomic E-state index is 0.0489. The summed E-state index contributed by atoms with van der Waals surface area (Å²) < 4.78 is 9.68. The molecule has 1 aliphatic carbocycles. The Bertz CT molecular complexity index is 654. The topological polar surface area (TPSA) is 70.9 Å². The molecule has 1 aliphatic rings. The van der Waals surface area contributed by atoms with Crippen LogP contribution in [0.1, 0.15) is 38.9 Å². The van der Waals surface area contributed by atoms with Crippen molar-refractivity contribution in [3.8, 4) is 0 Å². The molecule has 0 aromatic carbocycles. The molecule has 2 N–H and O–H groups in total. The van der Waals surface area contributed by atoms with Crippen LogP contribution < -0.4 is 5.73 Å². The molecule has 2 aromatic rings. The number of rotatable bonds is 3. The lowest BCUT2D eigenvalue weighted by Gasteiger charge is -2.51. The summed E-state index contributed by atoms with van der Waals surface area (Å²) in [4.78, 5) is 4.52. The first-order valence-electron chi connectivity index (χ1n) is 7.15. The van der Waals surface area contributed by atoms with E-state index < -0.39 is 0 Å². The quantitative estimate of drug-likeness (QED) is 0.933. The lowest BCUT2D eigenvalue weighted by Crippen LogP contribution is -2.51. The Kier molecular flexibility index (Phi) is 2.83. The number of imidazole rings is 1. The molecular formula is C14H23N5O. The average Bonchev–Trinajstić information content (AvgIpc) is 2.87. The SMILES string of the molecule is CCn1nc(C)c2nc(N)n(C3CC(OC)C3(C)C)c21. The van der Waals surface area contributed by atoms with E-state index in [1.54, 1.807) is 7.11 Å². The van der Waals surface area contributed by atoms with E-state index in [4.69, 9.17) is 10.5 Å². The summed E-state index contributed by atoms with van der Waals surface area (Å²) in [6.07, 6.45) is 1.23. The predicted octanol–water partition coefficient (Wildman–Crippen LogP) is 2.13. The molecule has 0 spiro atoms. The molecule has 2 atom stereocenters. The maximum absolute atomic E-state index is 6.18. The van der Waals surface area contributed by atoms with Crippen LogP contribution in [0.3, 0.4) is 0 Å². The van der Waals surface area contributed by atoms with E-state index in [-0.39, 0.29) is 11.5 Å². The molecule has 0 saturated heterocycles. The highest BCUT2D eigenvalue weighted by Gasteiger charge is 2.51. The van der Waals surface area contributed by atoms with Crippen molar-refractivity contribution in [2.45, 2.75) is 52.8 Å². The maximum atomic E-state index is 6.18. The molecule has 0 amide bonds. The van der Waals surface area contributed by atoms with Crippen LogP contribution in [0.4, 0.5) is 5.95 Å². The second-order valence-electron chi connectivity index (χ2n) is 6.21. The van der Waals surface area contributed by atoms with Gasteiger partial charge in [-0.05, 0) is 20.3 Å². The zero-order valence-electron chi connectivity index (χ0n) is 12.8. The monoisotopic (exact) mass is 277 g/mol. The molecule has 2 heterocycles. The third kappa shape index (κ3) is 1.54. The Morgan fingerprint density at radius 1 is 1.45 bits per heavy atom. The van der Waals surface area contributed by atoms with Crippen molar-refractivity contribution in [2.24, 2.45) is 5.41 Å². The number of methoxy groups -OCH3 is 1. The lowest BCUT2D eigenvalue weighted by molar-refractivity contribution is -0.111. The summed E-state index contributed by atoms with van der Waals surface area (Å²) in [7, 11) is 1.77. The molecule has 3 rings (SSSR count). The van der Waals surface area contributed by atoms with Crippen LogP contribution in [0, 0.1) is 12.3 Å². The van der Waals surface area contributed by atoms with Crippen molar-refractivity contribution in [1.82, 2.24) is 19.3 Å². The number of aryl methyl sites for hydroxylation is 2. The Labute approximate surface area is 118 Å². The third-order valence-electron chi connectivity index (χ3n) is 4.79. The summed E-state index contributed by atoms with van der Waals surface area (Å²) in [5.74, 6) is 0.579. The number of hydrogen-bond donors (Lipinski definition) is 1. The molecule has 0 bridgehead atoms. The molecule has 1 fully saturated rings. The Balaban J connectivity index is 2.15. The number of nitrogens with zero attached hydrogens (tertiary/aromatic N) is 4. The maximum Gasteiger partial charge on any atom is 0.202 e. The van der Waals surface area contributed by atoms with Crippen molar-refractivity contribution < 1.29 is 4.74 Å². The molecule has 1 saturated carbocycles. The van der Waals surface area contributed by atoms with Crippen LogP contribution in [0.5, 0.6) is 0 Å². The fourth-order valence-electron chi connectivity index (χ4n) is 3.44. The molecule has 110 valence electrons. The lowest BCUT2D eigenvalue weighted by atomic mass is 9.64. The van der Waals surface area contributed by atoms with Crippen LogP contribution >= 0.6 is 0 Å². The summed E-state index contributed by atoms with van der Waals surface area (Å²) in [6, 6.07) is 0.304. The number of fused-ring (bicyclic) bond motifs is 1. The zero-order chi connectivity index (χ0) is 14.7. The van der Waals surface area contributed by atoms with Crippen LogP contribution in [0.25, 0.3) is 11.2 Å². The van der Waals surface area contributed by atoms with Crippen molar-refractivity contribution in [1.29, 1.82) is 0 Å². The van der Waals surface area contributed by atoms with Gasteiger partial charge < -0.3 is 10.5 Å². The van der Waals surface area contributed by atoms with E-state index in [0.717, 1.165) is 29.8 Å². The molecule has 2 aromatic heterocycles. The van der Waals surface area contributed by atoms with Gasteiger partial charge in [0.25, 0.3) is 0 Å². The summed E-state index contributed by atoms with van der Waals surface area (Å²) in [6.45, 7) is 9.33. The first kappa shape index (κ1) is 13.4. The van der Waals surface area contributed by atoms with Gasteiger partial charge in [-0.25, -0.2) is 9.67 Å². The van der Waals surface area contributed by atoms with Gasteiger partial charge in [0.15, 0.2) is 5.65 Å². The molecule has 6 heteroatoms. The van der Waals surface area contributed by atoms with E-state index in [1.807, 2.05) is 11.6 Å². The van der Waals surface area contributed by atoms with E-state index in [1.165, 1.54) is 0 Å². The first-order valence-corrected chi connectivity index (χ1v) is 7.15. The van der Waals surface area contributed by atoms with Crippen molar-refractivity contribution in [3.05, 3.63) is 5.69 Å². The van der Waals surface area contributed by atoms with E-state index in [2.05, 4.69) is 35.4 Å². The molecule has 20 heavy (non-hydrogen) atoms.